The van der Waals surface area contributed by atoms with E-state index in [4.69, 9.17) is 9.47 Å². The van der Waals surface area contributed by atoms with E-state index in [2.05, 4.69) is 15.6 Å². The van der Waals surface area contributed by atoms with Crippen LogP contribution in [0.2, 0.25) is 0 Å². The molecule has 3 rings (SSSR count). The minimum absolute atomic E-state index is 0.0344. The first kappa shape index (κ1) is 22.9. The number of hydrogen-bond donors (Lipinski definition) is 3. The quantitative estimate of drug-likeness (QED) is 0.446. The van der Waals surface area contributed by atoms with Crippen LogP contribution in [-0.4, -0.2) is 43.0 Å². The van der Waals surface area contributed by atoms with Gasteiger partial charge in [0, 0.05) is 30.4 Å². The summed E-state index contributed by atoms with van der Waals surface area (Å²) in [5.74, 6) is -0.509. The van der Waals surface area contributed by atoms with Gasteiger partial charge in [-0.15, -0.1) is 0 Å². The molecule has 3 aromatic rings. The number of esters is 1. The molecule has 1 heterocycles. The minimum atomic E-state index is -0.861. The summed E-state index contributed by atoms with van der Waals surface area (Å²) in [5.41, 5.74) is 2.59. The Morgan fingerprint density at radius 3 is 2.38 bits per heavy atom. The summed E-state index contributed by atoms with van der Waals surface area (Å²) in [7, 11) is 2.85. The number of ether oxygens (including phenoxy) is 2. The Morgan fingerprint density at radius 2 is 1.72 bits per heavy atom. The number of hydrogen-bond acceptors (Lipinski definition) is 5. The first-order chi connectivity index (χ1) is 15.4. The second kappa shape index (κ2) is 10.5. The van der Waals surface area contributed by atoms with Gasteiger partial charge in [0.25, 0.3) is 0 Å². The molecule has 0 saturated heterocycles. The van der Waals surface area contributed by atoms with Crippen LogP contribution in [0.3, 0.4) is 0 Å². The summed E-state index contributed by atoms with van der Waals surface area (Å²) >= 11 is 0. The molecule has 0 aliphatic carbocycles. The summed E-state index contributed by atoms with van der Waals surface area (Å²) in [6.07, 6.45) is 2.06. The highest BCUT2D eigenvalue weighted by Gasteiger charge is 2.25. The lowest BCUT2D eigenvalue weighted by Gasteiger charge is -2.21. The number of H-pyrrole nitrogens is 1. The molecule has 8 heteroatoms. The Hall–Kier alpha value is -3.81. The topological polar surface area (TPSA) is 110 Å². The zero-order valence-electron chi connectivity index (χ0n) is 18.3. The molecule has 1 aromatic heterocycles. The number of methoxy groups -OCH3 is 2. The number of nitrogens with one attached hydrogen (secondary N) is 3. The predicted octanol–water partition coefficient (Wildman–Crippen LogP) is 2.64. The molecule has 0 aliphatic heterocycles. The lowest BCUT2D eigenvalue weighted by Crippen LogP contribution is -2.44. The van der Waals surface area contributed by atoms with E-state index in [-0.39, 0.29) is 24.7 Å². The average molecular weight is 437 g/mol. The van der Waals surface area contributed by atoms with E-state index in [1.54, 1.807) is 31.4 Å². The molecular formula is C24H27N3O5. The first-order valence-corrected chi connectivity index (χ1v) is 10.2. The van der Waals surface area contributed by atoms with E-state index in [1.807, 2.05) is 30.5 Å². The maximum absolute atomic E-state index is 12.9. The fourth-order valence-electron chi connectivity index (χ4n) is 3.63. The van der Waals surface area contributed by atoms with Crippen molar-refractivity contribution in [3.8, 4) is 5.75 Å². The summed E-state index contributed by atoms with van der Waals surface area (Å²) in [4.78, 5) is 40.1. The van der Waals surface area contributed by atoms with Crippen LogP contribution in [0, 0.1) is 0 Å². The maximum atomic E-state index is 12.9. The normalized spacial score (nSPS) is 12.6. The Labute approximate surface area is 186 Å². The van der Waals surface area contributed by atoms with Gasteiger partial charge in [0.05, 0.1) is 26.7 Å². The molecule has 8 nitrogen and oxygen atoms in total. The number of para-hydroxylation sites is 1. The van der Waals surface area contributed by atoms with Crippen molar-refractivity contribution >= 4 is 28.7 Å². The van der Waals surface area contributed by atoms with Crippen molar-refractivity contribution in [3.05, 3.63) is 65.9 Å². The van der Waals surface area contributed by atoms with E-state index in [0.717, 1.165) is 22.0 Å². The van der Waals surface area contributed by atoms with Gasteiger partial charge in [0.2, 0.25) is 11.8 Å². The molecule has 0 saturated carbocycles. The Morgan fingerprint density at radius 1 is 1.00 bits per heavy atom. The Bertz CT molecular complexity index is 1090. The average Bonchev–Trinajstić information content (AvgIpc) is 3.20. The molecule has 1 unspecified atom stereocenters. The standard InChI is InChI=1S/C24H27N3O5/c1-15(28)26-21(16-8-10-18(31-2)11-9-16)13-23(29)27-22(24(30)32-3)12-17-14-25-20-7-5-4-6-19(17)20/h4-11,14,21-22,25H,12-13H2,1-3H3,(H,26,28)(H,27,29)/t21?,22-/m1/s1. The van der Waals surface area contributed by atoms with E-state index < -0.39 is 18.1 Å². The number of carbonyl (C=O) groups is 3. The van der Waals surface area contributed by atoms with E-state index in [0.29, 0.717) is 5.75 Å². The van der Waals surface area contributed by atoms with Crippen LogP contribution in [0.4, 0.5) is 0 Å². The maximum Gasteiger partial charge on any atom is 0.328 e. The van der Waals surface area contributed by atoms with Crippen LogP contribution in [0.1, 0.15) is 30.5 Å². The van der Waals surface area contributed by atoms with E-state index in [1.165, 1.54) is 14.0 Å². The molecule has 168 valence electrons. The fourth-order valence-corrected chi connectivity index (χ4v) is 3.63. The van der Waals surface area contributed by atoms with Crippen LogP contribution < -0.4 is 15.4 Å². The highest BCUT2D eigenvalue weighted by Crippen LogP contribution is 2.22. The van der Waals surface area contributed by atoms with Crippen molar-refractivity contribution in [2.75, 3.05) is 14.2 Å². The van der Waals surface area contributed by atoms with Gasteiger partial charge in [-0.25, -0.2) is 4.79 Å². The van der Waals surface area contributed by atoms with Gasteiger partial charge < -0.3 is 25.1 Å². The van der Waals surface area contributed by atoms with E-state index >= 15 is 0 Å². The van der Waals surface area contributed by atoms with Gasteiger partial charge in [0.15, 0.2) is 0 Å². The van der Waals surface area contributed by atoms with Crippen molar-refractivity contribution in [2.24, 2.45) is 0 Å². The molecule has 0 bridgehead atoms. The van der Waals surface area contributed by atoms with E-state index in [9.17, 15) is 14.4 Å². The van der Waals surface area contributed by atoms with Crippen molar-refractivity contribution < 1.29 is 23.9 Å². The highest BCUT2D eigenvalue weighted by atomic mass is 16.5. The number of aromatic amines is 1. The molecule has 2 amide bonds. The number of carbonyl (C=O) groups excluding carboxylic acids is 3. The second-order valence-corrected chi connectivity index (χ2v) is 7.44. The van der Waals surface area contributed by atoms with Gasteiger partial charge in [-0.1, -0.05) is 30.3 Å². The number of rotatable bonds is 9. The zero-order chi connectivity index (χ0) is 23.1. The molecule has 0 spiro atoms. The third kappa shape index (κ3) is 5.66. The molecule has 2 aromatic carbocycles. The lowest BCUT2D eigenvalue weighted by molar-refractivity contribution is -0.145. The van der Waals surface area contributed by atoms with Crippen LogP contribution >= 0.6 is 0 Å². The van der Waals surface area contributed by atoms with Crippen LogP contribution in [0.5, 0.6) is 5.75 Å². The third-order valence-electron chi connectivity index (χ3n) is 5.21. The largest absolute Gasteiger partial charge is 0.497 e. The Balaban J connectivity index is 1.74. The number of amides is 2. The molecule has 2 atom stereocenters. The van der Waals surface area contributed by atoms with Gasteiger partial charge >= 0.3 is 5.97 Å². The van der Waals surface area contributed by atoms with Gasteiger partial charge in [0.1, 0.15) is 11.8 Å². The summed E-state index contributed by atoms with van der Waals surface area (Å²) < 4.78 is 10.1. The number of benzene rings is 2. The first-order valence-electron chi connectivity index (χ1n) is 10.2. The highest BCUT2D eigenvalue weighted by molar-refractivity contribution is 5.87. The molecule has 32 heavy (non-hydrogen) atoms. The monoisotopic (exact) mass is 437 g/mol. The van der Waals surface area contributed by atoms with Crippen LogP contribution in [0.15, 0.2) is 54.7 Å². The fraction of sp³-hybridized carbons (Fsp3) is 0.292. The predicted molar refractivity (Wildman–Crippen MR) is 120 cm³/mol. The molecular weight excluding hydrogens is 410 g/mol. The SMILES string of the molecule is COC(=O)[C@@H](Cc1c[nH]c2ccccc12)NC(=O)CC(NC(C)=O)c1ccc(OC)cc1. The molecule has 0 radical (unpaired) electrons. The molecule has 3 N–H and O–H groups in total. The van der Waals surface area contributed by atoms with Crippen molar-refractivity contribution in [1.82, 2.24) is 15.6 Å². The van der Waals surface area contributed by atoms with Gasteiger partial charge in [-0.05, 0) is 29.3 Å². The summed E-state index contributed by atoms with van der Waals surface area (Å²) in [5, 5.41) is 6.53. The zero-order valence-corrected chi connectivity index (χ0v) is 18.3. The number of aromatic nitrogens is 1. The molecule has 0 aliphatic rings. The number of fused-ring (bicyclic) bond motifs is 1. The van der Waals surface area contributed by atoms with Crippen molar-refractivity contribution in [3.63, 3.8) is 0 Å². The van der Waals surface area contributed by atoms with Crippen molar-refractivity contribution in [1.29, 1.82) is 0 Å². The van der Waals surface area contributed by atoms with Gasteiger partial charge in [-0.3, -0.25) is 9.59 Å². The smallest absolute Gasteiger partial charge is 0.328 e. The van der Waals surface area contributed by atoms with Crippen LogP contribution in [-0.2, 0) is 25.5 Å². The minimum Gasteiger partial charge on any atom is -0.497 e. The third-order valence-corrected chi connectivity index (χ3v) is 5.21. The summed E-state index contributed by atoms with van der Waals surface area (Å²) in [6, 6.07) is 13.4. The Kier molecular flexibility index (Phi) is 7.49. The second-order valence-electron chi connectivity index (χ2n) is 7.44. The lowest BCUT2D eigenvalue weighted by atomic mass is 10.0. The van der Waals surface area contributed by atoms with Crippen molar-refractivity contribution in [2.45, 2.75) is 31.8 Å². The molecule has 0 fully saturated rings. The van der Waals surface area contributed by atoms with Crippen LogP contribution in [0.25, 0.3) is 10.9 Å². The van der Waals surface area contributed by atoms with Gasteiger partial charge in [-0.2, -0.15) is 0 Å². The summed E-state index contributed by atoms with van der Waals surface area (Å²) in [6.45, 7) is 1.39.